The zero-order chi connectivity index (χ0) is 17.8. The van der Waals surface area contributed by atoms with Crippen molar-refractivity contribution in [1.29, 1.82) is 0 Å². The topological polar surface area (TPSA) is 58.6 Å². The Labute approximate surface area is 145 Å². The molecule has 0 spiro atoms. The summed E-state index contributed by atoms with van der Waals surface area (Å²) in [4.78, 5) is 26.3. The highest BCUT2D eigenvalue weighted by molar-refractivity contribution is 6.01. The van der Waals surface area contributed by atoms with Gasteiger partial charge in [-0.1, -0.05) is 30.3 Å². The summed E-state index contributed by atoms with van der Waals surface area (Å²) in [6, 6.07) is 13.2. The fourth-order valence-corrected chi connectivity index (χ4v) is 2.90. The van der Waals surface area contributed by atoms with Gasteiger partial charge >= 0.3 is 0 Å². The molecule has 2 amide bonds. The Hall–Kier alpha value is -2.73. The van der Waals surface area contributed by atoms with Gasteiger partial charge < -0.3 is 15.0 Å². The number of hydrogen-bond donors (Lipinski definition) is 1. The molecular weight excluding hydrogens is 323 g/mol. The summed E-state index contributed by atoms with van der Waals surface area (Å²) in [5.41, 5.74) is 2.16. The number of halogens is 1. The van der Waals surface area contributed by atoms with Crippen LogP contribution in [0.15, 0.2) is 48.5 Å². The number of carbonyl (C=O) groups is 2. The minimum absolute atomic E-state index is 0.208. The van der Waals surface area contributed by atoms with E-state index in [1.54, 1.807) is 6.07 Å². The summed E-state index contributed by atoms with van der Waals surface area (Å²) in [5.74, 6) is -1.21. The Kier molecular flexibility index (Phi) is 5.09. The molecule has 2 aromatic carbocycles. The van der Waals surface area contributed by atoms with Crippen molar-refractivity contribution in [2.75, 3.05) is 25.1 Å². The van der Waals surface area contributed by atoms with E-state index in [2.05, 4.69) is 5.32 Å². The highest BCUT2D eigenvalue weighted by Gasteiger charge is 2.32. The van der Waals surface area contributed by atoms with Crippen LogP contribution in [0.4, 0.5) is 10.1 Å². The number of fused-ring (bicyclic) bond motifs is 1. The van der Waals surface area contributed by atoms with Crippen LogP contribution in [0.2, 0.25) is 0 Å². The Bertz CT molecular complexity index is 794. The van der Waals surface area contributed by atoms with Gasteiger partial charge in [0.2, 0.25) is 5.91 Å². The molecule has 1 atom stereocenters. The normalized spacial score (nSPS) is 16.0. The van der Waals surface area contributed by atoms with Gasteiger partial charge in [0, 0.05) is 12.7 Å². The molecule has 0 unspecified atom stereocenters. The van der Waals surface area contributed by atoms with Crippen LogP contribution in [-0.4, -0.2) is 32.0 Å². The van der Waals surface area contributed by atoms with Crippen LogP contribution in [0.5, 0.6) is 0 Å². The predicted molar refractivity (Wildman–Crippen MR) is 91.7 cm³/mol. The zero-order valence-corrected chi connectivity index (χ0v) is 13.9. The number of carbonyl (C=O) groups excluding carboxylic acids is 2. The molecule has 0 aliphatic carbocycles. The second-order valence-corrected chi connectivity index (χ2v) is 5.78. The van der Waals surface area contributed by atoms with Crippen molar-refractivity contribution in [1.82, 2.24) is 5.32 Å². The predicted octanol–water partition coefficient (Wildman–Crippen LogP) is 2.22. The lowest BCUT2D eigenvalue weighted by Gasteiger charge is -2.30. The van der Waals surface area contributed by atoms with E-state index in [1.807, 2.05) is 24.3 Å². The minimum Gasteiger partial charge on any atom is -0.363 e. The van der Waals surface area contributed by atoms with Gasteiger partial charge in [-0.2, -0.15) is 0 Å². The van der Waals surface area contributed by atoms with E-state index in [1.165, 1.54) is 30.1 Å². The monoisotopic (exact) mass is 342 g/mol. The fraction of sp³-hybridized carbons (Fsp3) is 0.263. The third-order valence-corrected chi connectivity index (χ3v) is 4.18. The van der Waals surface area contributed by atoms with Crippen LogP contribution >= 0.6 is 0 Å². The van der Waals surface area contributed by atoms with Crippen LogP contribution in [0.1, 0.15) is 17.2 Å². The molecular formula is C19H19FN2O3. The van der Waals surface area contributed by atoms with E-state index in [0.717, 1.165) is 17.5 Å². The first kappa shape index (κ1) is 17.1. The Morgan fingerprint density at radius 3 is 2.80 bits per heavy atom. The third-order valence-electron chi connectivity index (χ3n) is 4.18. The number of benzene rings is 2. The maximum atomic E-state index is 13.6. The summed E-state index contributed by atoms with van der Waals surface area (Å²) in [6.07, 6.45) is -0.0760. The quantitative estimate of drug-likeness (QED) is 0.927. The average molecular weight is 342 g/mol. The number of anilines is 1. The number of ether oxygens (including phenoxy) is 1. The molecule has 0 aromatic heterocycles. The summed E-state index contributed by atoms with van der Waals surface area (Å²) in [6.45, 7) is 0.213. The first-order valence-electron chi connectivity index (χ1n) is 8.07. The minimum atomic E-state index is -0.808. The first-order chi connectivity index (χ1) is 12.1. The van der Waals surface area contributed by atoms with Gasteiger partial charge in [-0.25, -0.2) is 4.39 Å². The summed E-state index contributed by atoms with van der Waals surface area (Å²) >= 11 is 0. The van der Waals surface area contributed by atoms with E-state index in [0.29, 0.717) is 12.3 Å². The Balaban J connectivity index is 1.96. The van der Waals surface area contributed by atoms with Crippen LogP contribution < -0.4 is 10.2 Å². The van der Waals surface area contributed by atoms with Crippen LogP contribution in [0.25, 0.3) is 0 Å². The summed E-state index contributed by atoms with van der Waals surface area (Å²) in [7, 11) is 1.49. The van der Waals surface area contributed by atoms with Gasteiger partial charge in [-0.15, -0.1) is 0 Å². The van der Waals surface area contributed by atoms with Crippen LogP contribution in [-0.2, 0) is 20.7 Å². The number of amides is 2. The molecule has 0 bridgehead atoms. The Morgan fingerprint density at radius 1 is 1.24 bits per heavy atom. The average Bonchev–Trinajstić information content (AvgIpc) is 2.65. The van der Waals surface area contributed by atoms with Crippen LogP contribution in [0, 0.1) is 5.82 Å². The second kappa shape index (κ2) is 7.44. The third kappa shape index (κ3) is 3.69. The highest BCUT2D eigenvalue weighted by atomic mass is 19.1. The largest absolute Gasteiger partial charge is 0.363 e. The molecule has 1 N–H and O–H groups in total. The second-order valence-electron chi connectivity index (χ2n) is 5.78. The van der Waals surface area contributed by atoms with Gasteiger partial charge in [-0.05, 0) is 35.7 Å². The molecule has 0 saturated heterocycles. The van der Waals surface area contributed by atoms with Gasteiger partial charge in [0.1, 0.15) is 12.4 Å². The van der Waals surface area contributed by atoms with Crippen molar-refractivity contribution in [3.8, 4) is 0 Å². The number of rotatable bonds is 4. The fourth-order valence-electron chi connectivity index (χ4n) is 2.90. The lowest BCUT2D eigenvalue weighted by molar-refractivity contribution is -0.132. The highest BCUT2D eigenvalue weighted by Crippen LogP contribution is 2.30. The van der Waals surface area contributed by atoms with E-state index in [9.17, 15) is 14.0 Å². The molecule has 0 fully saturated rings. The first-order valence-corrected chi connectivity index (χ1v) is 8.07. The van der Waals surface area contributed by atoms with E-state index in [-0.39, 0.29) is 18.4 Å². The van der Waals surface area contributed by atoms with E-state index < -0.39 is 11.9 Å². The van der Waals surface area contributed by atoms with Gasteiger partial charge in [0.15, 0.2) is 6.10 Å². The number of nitrogens with zero attached hydrogens (tertiary/aromatic N) is 1. The number of nitrogens with one attached hydrogen (secondary N) is 1. The summed E-state index contributed by atoms with van der Waals surface area (Å²) < 4.78 is 19.3. The molecule has 1 heterocycles. The SMILES string of the molecule is CNC(=O)CN(C(=O)[C@H]1OCCc2ccccc21)c1cccc(F)c1. The lowest BCUT2D eigenvalue weighted by Crippen LogP contribution is -2.43. The number of likely N-dealkylation sites (N-methyl/N-ethyl adjacent to an activating group) is 1. The number of hydrogen-bond acceptors (Lipinski definition) is 3. The van der Waals surface area contributed by atoms with Gasteiger partial charge in [0.25, 0.3) is 5.91 Å². The lowest BCUT2D eigenvalue weighted by atomic mass is 9.96. The molecule has 1 aliphatic rings. The zero-order valence-electron chi connectivity index (χ0n) is 13.9. The summed E-state index contributed by atoms with van der Waals surface area (Å²) in [5, 5.41) is 2.49. The smallest absolute Gasteiger partial charge is 0.261 e. The standard InChI is InChI=1S/C19H19FN2O3/c1-21-17(23)12-22(15-7-4-6-14(20)11-15)19(24)18-16-8-3-2-5-13(16)9-10-25-18/h2-8,11,18H,9-10,12H2,1H3,(H,21,23)/t18-/m0/s1. The molecule has 25 heavy (non-hydrogen) atoms. The van der Waals surface area contributed by atoms with E-state index in [4.69, 9.17) is 4.74 Å². The Morgan fingerprint density at radius 2 is 2.04 bits per heavy atom. The molecule has 0 saturated carbocycles. The van der Waals surface area contributed by atoms with Crippen molar-refractivity contribution >= 4 is 17.5 Å². The molecule has 6 heteroatoms. The maximum Gasteiger partial charge on any atom is 0.261 e. The molecule has 130 valence electrons. The van der Waals surface area contributed by atoms with Gasteiger partial charge in [-0.3, -0.25) is 9.59 Å². The van der Waals surface area contributed by atoms with Crippen molar-refractivity contribution in [2.45, 2.75) is 12.5 Å². The van der Waals surface area contributed by atoms with Gasteiger partial charge in [0.05, 0.1) is 6.61 Å². The molecule has 1 aliphatic heterocycles. The van der Waals surface area contributed by atoms with Crippen molar-refractivity contribution in [3.63, 3.8) is 0 Å². The van der Waals surface area contributed by atoms with Crippen molar-refractivity contribution in [2.24, 2.45) is 0 Å². The molecule has 5 nitrogen and oxygen atoms in total. The van der Waals surface area contributed by atoms with E-state index >= 15 is 0 Å². The molecule has 3 rings (SSSR count). The molecule has 2 aromatic rings. The van der Waals surface area contributed by atoms with Crippen molar-refractivity contribution in [3.05, 3.63) is 65.5 Å². The van der Waals surface area contributed by atoms with Crippen molar-refractivity contribution < 1.29 is 18.7 Å². The maximum absolute atomic E-state index is 13.6. The van der Waals surface area contributed by atoms with Crippen LogP contribution in [0.3, 0.4) is 0 Å². The molecule has 0 radical (unpaired) electrons.